The van der Waals surface area contributed by atoms with Crippen LogP contribution in [-0.2, 0) is 4.79 Å². The first-order chi connectivity index (χ1) is 8.18. The molecular weight excluding hydrogens is 214 g/mol. The average Bonchev–Trinajstić information content (AvgIpc) is 2.34. The van der Waals surface area contributed by atoms with E-state index in [1.807, 2.05) is 4.90 Å². The lowest BCUT2D eigenvalue weighted by Gasteiger charge is -2.38. The zero-order chi connectivity index (χ0) is 12.3. The maximum absolute atomic E-state index is 12.0. The number of piperidine rings is 2. The first-order valence-corrected chi connectivity index (χ1v) is 6.97. The number of amides is 1. The summed E-state index contributed by atoms with van der Waals surface area (Å²) in [6, 6.07) is 0.0551. The highest BCUT2D eigenvalue weighted by Crippen LogP contribution is 2.16. The average molecular weight is 239 g/mol. The summed E-state index contributed by atoms with van der Waals surface area (Å²) >= 11 is 0. The molecule has 0 aromatic rings. The van der Waals surface area contributed by atoms with Crippen LogP contribution in [0.25, 0.3) is 0 Å². The maximum Gasteiger partial charge on any atom is 0.239 e. The topological polar surface area (TPSA) is 49.6 Å². The Hall–Kier alpha value is -0.610. The first kappa shape index (κ1) is 12.8. The molecule has 2 unspecified atom stereocenters. The Morgan fingerprint density at radius 2 is 1.94 bits per heavy atom. The van der Waals surface area contributed by atoms with Gasteiger partial charge in [-0.05, 0) is 45.7 Å². The van der Waals surface area contributed by atoms with Crippen LogP contribution in [-0.4, -0.2) is 54.0 Å². The van der Waals surface area contributed by atoms with Gasteiger partial charge in [0.25, 0.3) is 0 Å². The third-order valence-electron chi connectivity index (χ3n) is 4.02. The standard InChI is InChI=1S/C13H25N3O/c1-11(10-15-7-3-2-4-8-15)16-9-5-6-12(14)13(16)17/h11-12H,2-10,14H2,1H3. The highest BCUT2D eigenvalue weighted by Gasteiger charge is 2.29. The monoisotopic (exact) mass is 239 g/mol. The molecule has 2 saturated heterocycles. The van der Waals surface area contributed by atoms with Gasteiger partial charge >= 0.3 is 0 Å². The molecule has 4 heteroatoms. The van der Waals surface area contributed by atoms with Gasteiger partial charge in [-0.25, -0.2) is 0 Å². The zero-order valence-electron chi connectivity index (χ0n) is 10.9. The number of nitrogens with two attached hydrogens (primary N) is 1. The van der Waals surface area contributed by atoms with Gasteiger partial charge in [-0.1, -0.05) is 6.42 Å². The SMILES string of the molecule is CC(CN1CCCCC1)N1CCCC(N)C1=O. The molecule has 2 atom stereocenters. The van der Waals surface area contributed by atoms with Gasteiger partial charge in [-0.2, -0.15) is 0 Å². The Morgan fingerprint density at radius 3 is 2.65 bits per heavy atom. The van der Waals surface area contributed by atoms with E-state index in [1.165, 1.54) is 32.4 Å². The van der Waals surface area contributed by atoms with Crippen LogP contribution in [0.15, 0.2) is 0 Å². The summed E-state index contributed by atoms with van der Waals surface area (Å²) in [6.45, 7) is 6.45. The number of carbonyl (C=O) groups excluding carboxylic acids is 1. The summed E-state index contributed by atoms with van der Waals surface area (Å²) < 4.78 is 0. The molecule has 98 valence electrons. The van der Waals surface area contributed by atoms with Crippen LogP contribution in [0.1, 0.15) is 39.0 Å². The van der Waals surface area contributed by atoms with Gasteiger partial charge in [0.2, 0.25) is 5.91 Å². The minimum atomic E-state index is -0.257. The molecule has 2 rings (SSSR count). The summed E-state index contributed by atoms with van der Waals surface area (Å²) in [5, 5.41) is 0. The summed E-state index contributed by atoms with van der Waals surface area (Å²) in [4.78, 5) is 16.5. The van der Waals surface area contributed by atoms with Crippen molar-refractivity contribution >= 4 is 5.91 Å². The lowest BCUT2D eigenvalue weighted by molar-refractivity contribution is -0.137. The van der Waals surface area contributed by atoms with Crippen molar-refractivity contribution in [3.05, 3.63) is 0 Å². The van der Waals surface area contributed by atoms with Crippen LogP contribution in [0.2, 0.25) is 0 Å². The third kappa shape index (κ3) is 3.19. The lowest BCUT2D eigenvalue weighted by Crippen LogP contribution is -2.54. The number of nitrogens with zero attached hydrogens (tertiary/aromatic N) is 2. The van der Waals surface area contributed by atoms with E-state index < -0.39 is 0 Å². The largest absolute Gasteiger partial charge is 0.337 e. The molecule has 0 bridgehead atoms. The van der Waals surface area contributed by atoms with Gasteiger partial charge < -0.3 is 15.5 Å². The minimum absolute atomic E-state index is 0.153. The molecule has 0 aliphatic carbocycles. The van der Waals surface area contributed by atoms with Crippen molar-refractivity contribution in [3.63, 3.8) is 0 Å². The number of hydrogen-bond donors (Lipinski definition) is 1. The fourth-order valence-electron chi connectivity index (χ4n) is 2.98. The zero-order valence-corrected chi connectivity index (χ0v) is 10.9. The molecule has 17 heavy (non-hydrogen) atoms. The normalized spacial score (nSPS) is 29.4. The quantitative estimate of drug-likeness (QED) is 0.793. The van der Waals surface area contributed by atoms with Gasteiger partial charge in [-0.15, -0.1) is 0 Å². The van der Waals surface area contributed by atoms with Crippen molar-refractivity contribution in [1.29, 1.82) is 0 Å². The molecule has 4 nitrogen and oxygen atoms in total. The number of rotatable bonds is 3. The van der Waals surface area contributed by atoms with Crippen molar-refractivity contribution in [2.24, 2.45) is 5.73 Å². The first-order valence-electron chi connectivity index (χ1n) is 6.97. The van der Waals surface area contributed by atoms with E-state index in [0.717, 1.165) is 25.9 Å². The van der Waals surface area contributed by atoms with Crippen LogP contribution in [0.3, 0.4) is 0 Å². The van der Waals surface area contributed by atoms with Gasteiger partial charge in [0.1, 0.15) is 0 Å². The van der Waals surface area contributed by atoms with Crippen LogP contribution in [0, 0.1) is 0 Å². The van der Waals surface area contributed by atoms with E-state index >= 15 is 0 Å². The molecule has 1 amide bonds. The van der Waals surface area contributed by atoms with Crippen LogP contribution in [0.5, 0.6) is 0 Å². The number of hydrogen-bond acceptors (Lipinski definition) is 3. The van der Waals surface area contributed by atoms with Crippen molar-refractivity contribution in [2.45, 2.75) is 51.1 Å². The van der Waals surface area contributed by atoms with Gasteiger partial charge in [0.15, 0.2) is 0 Å². The Balaban J connectivity index is 1.85. The molecule has 2 fully saturated rings. The van der Waals surface area contributed by atoms with Crippen molar-refractivity contribution in [2.75, 3.05) is 26.2 Å². The van der Waals surface area contributed by atoms with E-state index in [-0.39, 0.29) is 11.9 Å². The third-order valence-corrected chi connectivity index (χ3v) is 4.02. The molecule has 2 aliphatic heterocycles. The van der Waals surface area contributed by atoms with Crippen LogP contribution in [0.4, 0.5) is 0 Å². The van der Waals surface area contributed by atoms with E-state index in [1.54, 1.807) is 0 Å². The Kier molecular flexibility index (Phi) is 4.40. The minimum Gasteiger partial charge on any atom is -0.337 e. The summed E-state index contributed by atoms with van der Waals surface area (Å²) in [7, 11) is 0. The highest BCUT2D eigenvalue weighted by molar-refractivity contribution is 5.82. The van der Waals surface area contributed by atoms with E-state index in [4.69, 9.17) is 5.73 Å². The number of carbonyl (C=O) groups is 1. The Morgan fingerprint density at radius 1 is 1.24 bits per heavy atom. The number of likely N-dealkylation sites (tertiary alicyclic amines) is 2. The second kappa shape index (κ2) is 5.83. The van der Waals surface area contributed by atoms with E-state index in [2.05, 4.69) is 11.8 Å². The second-order valence-corrected chi connectivity index (χ2v) is 5.49. The molecule has 0 aromatic carbocycles. The van der Waals surface area contributed by atoms with Crippen molar-refractivity contribution < 1.29 is 4.79 Å². The summed E-state index contributed by atoms with van der Waals surface area (Å²) in [6.07, 6.45) is 5.88. The summed E-state index contributed by atoms with van der Waals surface area (Å²) in [5.41, 5.74) is 5.83. The molecule has 0 spiro atoms. The van der Waals surface area contributed by atoms with Gasteiger partial charge in [-0.3, -0.25) is 4.79 Å². The predicted octanol–water partition coefficient (Wildman–Crippen LogP) is 0.811. The highest BCUT2D eigenvalue weighted by atomic mass is 16.2. The molecule has 2 heterocycles. The fourth-order valence-corrected chi connectivity index (χ4v) is 2.98. The van der Waals surface area contributed by atoms with Crippen LogP contribution >= 0.6 is 0 Å². The molecule has 2 N–H and O–H groups in total. The van der Waals surface area contributed by atoms with E-state index in [0.29, 0.717) is 6.04 Å². The van der Waals surface area contributed by atoms with Gasteiger partial charge in [0.05, 0.1) is 6.04 Å². The van der Waals surface area contributed by atoms with Crippen LogP contribution < -0.4 is 5.73 Å². The fraction of sp³-hybridized carbons (Fsp3) is 0.923. The molecule has 0 radical (unpaired) electrons. The van der Waals surface area contributed by atoms with Gasteiger partial charge in [0, 0.05) is 19.1 Å². The van der Waals surface area contributed by atoms with Crippen molar-refractivity contribution in [1.82, 2.24) is 9.80 Å². The second-order valence-electron chi connectivity index (χ2n) is 5.49. The van der Waals surface area contributed by atoms with Crippen molar-refractivity contribution in [3.8, 4) is 0 Å². The molecular formula is C13H25N3O. The molecule has 2 aliphatic rings. The maximum atomic E-state index is 12.0. The molecule has 0 aromatic heterocycles. The van der Waals surface area contributed by atoms with E-state index in [9.17, 15) is 4.79 Å². The predicted molar refractivity (Wildman–Crippen MR) is 68.7 cm³/mol. The molecule has 0 saturated carbocycles. The lowest BCUT2D eigenvalue weighted by atomic mass is 10.0. The Bertz CT molecular complexity index is 263. The Labute approximate surface area is 104 Å². The summed E-state index contributed by atoms with van der Waals surface area (Å²) in [5.74, 6) is 0.153. The smallest absolute Gasteiger partial charge is 0.239 e.